The van der Waals surface area contributed by atoms with Crippen molar-refractivity contribution < 1.29 is 0 Å². The van der Waals surface area contributed by atoms with Gasteiger partial charge in [-0.2, -0.15) is 0 Å². The van der Waals surface area contributed by atoms with Crippen LogP contribution in [-0.4, -0.2) is 16.1 Å². The predicted molar refractivity (Wildman–Crippen MR) is 84.3 cm³/mol. The highest BCUT2D eigenvalue weighted by Crippen LogP contribution is 2.18. The molecule has 108 valence electrons. The molecule has 0 saturated heterocycles. The molecule has 0 bridgehead atoms. The van der Waals surface area contributed by atoms with Crippen molar-refractivity contribution in [3.63, 3.8) is 0 Å². The first-order valence-corrected chi connectivity index (χ1v) is 7.43. The second kappa shape index (κ2) is 7.11. The molecule has 0 amide bonds. The first-order chi connectivity index (χ1) is 9.54. The summed E-state index contributed by atoms with van der Waals surface area (Å²) in [6, 6.07) is 5.62. The van der Waals surface area contributed by atoms with E-state index in [4.69, 9.17) is 23.2 Å². The van der Waals surface area contributed by atoms with Crippen molar-refractivity contribution >= 4 is 23.2 Å². The molecule has 0 radical (unpaired) electrons. The lowest BCUT2D eigenvalue weighted by atomic mass is 10.1. The Morgan fingerprint density at radius 2 is 1.95 bits per heavy atom. The zero-order chi connectivity index (χ0) is 14.5. The molecule has 0 aliphatic heterocycles. The average Bonchev–Trinajstić information content (AvgIpc) is 2.73. The Kier molecular flexibility index (Phi) is 5.46. The third-order valence-electron chi connectivity index (χ3n) is 3.18. The summed E-state index contributed by atoms with van der Waals surface area (Å²) < 4.78 is 2.17. The lowest BCUT2D eigenvalue weighted by molar-refractivity contribution is 0.440. The number of hydrogen-bond donors (Lipinski definition) is 1. The lowest BCUT2D eigenvalue weighted by Gasteiger charge is -2.14. The van der Waals surface area contributed by atoms with Gasteiger partial charge in [0.25, 0.3) is 0 Å². The Balaban J connectivity index is 1.79. The molecule has 1 aromatic carbocycles. The second-order valence-electron chi connectivity index (χ2n) is 5.14. The fraction of sp³-hybridized carbons (Fsp3) is 0.400. The summed E-state index contributed by atoms with van der Waals surface area (Å²) in [6.45, 7) is 6.91. The van der Waals surface area contributed by atoms with Crippen molar-refractivity contribution in [3.8, 4) is 0 Å². The molecule has 20 heavy (non-hydrogen) atoms. The highest BCUT2D eigenvalue weighted by atomic mass is 35.5. The van der Waals surface area contributed by atoms with E-state index >= 15 is 0 Å². The molecule has 1 unspecified atom stereocenters. The van der Waals surface area contributed by atoms with Crippen molar-refractivity contribution in [1.29, 1.82) is 0 Å². The highest BCUT2D eigenvalue weighted by Gasteiger charge is 2.05. The van der Waals surface area contributed by atoms with Crippen LogP contribution in [0, 0.1) is 12.8 Å². The summed E-state index contributed by atoms with van der Waals surface area (Å²) in [4.78, 5) is 4.23. The van der Waals surface area contributed by atoms with Crippen molar-refractivity contribution in [2.45, 2.75) is 26.9 Å². The maximum atomic E-state index is 5.98. The van der Waals surface area contributed by atoms with Gasteiger partial charge in [0.1, 0.15) is 5.82 Å². The van der Waals surface area contributed by atoms with Crippen LogP contribution in [0.5, 0.6) is 0 Å². The van der Waals surface area contributed by atoms with E-state index in [2.05, 4.69) is 21.8 Å². The molecule has 1 N–H and O–H groups in total. The van der Waals surface area contributed by atoms with Crippen LogP contribution in [0.2, 0.25) is 10.0 Å². The van der Waals surface area contributed by atoms with Gasteiger partial charge >= 0.3 is 0 Å². The van der Waals surface area contributed by atoms with E-state index in [1.165, 1.54) is 0 Å². The van der Waals surface area contributed by atoms with Crippen LogP contribution in [0.1, 0.15) is 18.3 Å². The van der Waals surface area contributed by atoms with Crippen LogP contribution in [0.15, 0.2) is 30.6 Å². The molecule has 0 fully saturated rings. The average molecular weight is 312 g/mol. The Bertz CT molecular complexity index is 546. The van der Waals surface area contributed by atoms with Gasteiger partial charge in [-0.05, 0) is 43.1 Å². The number of aromatic nitrogens is 2. The van der Waals surface area contributed by atoms with Gasteiger partial charge in [-0.3, -0.25) is 0 Å². The molecule has 5 heteroatoms. The quantitative estimate of drug-likeness (QED) is 0.876. The smallest absolute Gasteiger partial charge is 0.105 e. The van der Waals surface area contributed by atoms with Gasteiger partial charge in [0.05, 0.1) is 0 Å². The van der Waals surface area contributed by atoms with Crippen LogP contribution >= 0.6 is 23.2 Å². The largest absolute Gasteiger partial charge is 0.335 e. The standard InChI is InChI=1S/C15H19Cl2N3/c1-11(10-20-4-3-19-12(20)2)8-18-9-13-5-14(16)7-15(17)6-13/h3-7,11,18H,8-10H2,1-2H3. The first kappa shape index (κ1) is 15.4. The van der Waals surface area contributed by atoms with Crippen LogP contribution in [-0.2, 0) is 13.1 Å². The molecule has 0 spiro atoms. The van der Waals surface area contributed by atoms with Crippen LogP contribution in [0.3, 0.4) is 0 Å². The van der Waals surface area contributed by atoms with Crippen LogP contribution < -0.4 is 5.32 Å². The van der Waals surface area contributed by atoms with Gasteiger partial charge in [0.15, 0.2) is 0 Å². The second-order valence-corrected chi connectivity index (χ2v) is 6.01. The van der Waals surface area contributed by atoms with E-state index in [-0.39, 0.29) is 0 Å². The molecule has 0 aliphatic rings. The zero-order valence-electron chi connectivity index (χ0n) is 11.7. The number of imidazole rings is 1. The van der Waals surface area contributed by atoms with Crippen LogP contribution in [0.4, 0.5) is 0 Å². The van der Waals surface area contributed by atoms with Crippen molar-refractivity contribution in [1.82, 2.24) is 14.9 Å². The topological polar surface area (TPSA) is 29.9 Å². The zero-order valence-corrected chi connectivity index (χ0v) is 13.2. The molecule has 1 heterocycles. The normalized spacial score (nSPS) is 12.6. The minimum atomic E-state index is 0.526. The predicted octanol–water partition coefficient (Wildman–Crippen LogP) is 3.92. The Hall–Kier alpha value is -1.03. The van der Waals surface area contributed by atoms with Gasteiger partial charge < -0.3 is 9.88 Å². The maximum Gasteiger partial charge on any atom is 0.105 e. The summed E-state index contributed by atoms with van der Waals surface area (Å²) in [7, 11) is 0. The van der Waals surface area contributed by atoms with E-state index in [0.717, 1.165) is 31.0 Å². The van der Waals surface area contributed by atoms with Gasteiger partial charge in [-0.1, -0.05) is 30.1 Å². The number of nitrogens with zero attached hydrogens (tertiary/aromatic N) is 2. The van der Waals surface area contributed by atoms with Gasteiger partial charge in [0.2, 0.25) is 0 Å². The van der Waals surface area contributed by atoms with E-state index in [1.54, 1.807) is 6.07 Å². The minimum Gasteiger partial charge on any atom is -0.335 e. The molecule has 0 aliphatic carbocycles. The summed E-state index contributed by atoms with van der Waals surface area (Å²) in [6.07, 6.45) is 3.85. The number of benzene rings is 1. The molecule has 3 nitrogen and oxygen atoms in total. The van der Waals surface area contributed by atoms with Gasteiger partial charge in [0, 0.05) is 35.5 Å². The Morgan fingerprint density at radius 3 is 2.55 bits per heavy atom. The number of aryl methyl sites for hydroxylation is 1. The van der Waals surface area contributed by atoms with E-state index in [1.807, 2.05) is 31.5 Å². The summed E-state index contributed by atoms with van der Waals surface area (Å²) in [5.41, 5.74) is 1.11. The van der Waals surface area contributed by atoms with Crippen molar-refractivity contribution in [2.75, 3.05) is 6.54 Å². The molecule has 0 saturated carbocycles. The first-order valence-electron chi connectivity index (χ1n) is 6.68. The molecule has 2 aromatic rings. The number of rotatable bonds is 6. The van der Waals surface area contributed by atoms with E-state index in [0.29, 0.717) is 16.0 Å². The third kappa shape index (κ3) is 4.51. The SMILES string of the molecule is Cc1nccn1CC(C)CNCc1cc(Cl)cc(Cl)c1. The fourth-order valence-electron chi connectivity index (χ4n) is 2.17. The summed E-state index contributed by atoms with van der Waals surface area (Å²) in [5.74, 6) is 1.58. The van der Waals surface area contributed by atoms with Crippen LogP contribution in [0.25, 0.3) is 0 Å². The van der Waals surface area contributed by atoms with Crippen molar-refractivity contribution in [3.05, 3.63) is 52.0 Å². The molecular weight excluding hydrogens is 293 g/mol. The molecule has 2 rings (SSSR count). The summed E-state index contributed by atoms with van der Waals surface area (Å²) in [5, 5.41) is 4.79. The van der Waals surface area contributed by atoms with Gasteiger partial charge in [-0.15, -0.1) is 0 Å². The van der Waals surface area contributed by atoms with E-state index in [9.17, 15) is 0 Å². The number of nitrogens with one attached hydrogen (secondary N) is 1. The monoisotopic (exact) mass is 311 g/mol. The van der Waals surface area contributed by atoms with E-state index < -0.39 is 0 Å². The summed E-state index contributed by atoms with van der Waals surface area (Å²) >= 11 is 12.0. The van der Waals surface area contributed by atoms with Gasteiger partial charge in [-0.25, -0.2) is 4.98 Å². The lowest BCUT2D eigenvalue weighted by Crippen LogP contribution is -2.24. The minimum absolute atomic E-state index is 0.526. The van der Waals surface area contributed by atoms with Crippen molar-refractivity contribution in [2.24, 2.45) is 5.92 Å². The molecule has 1 aromatic heterocycles. The highest BCUT2D eigenvalue weighted by molar-refractivity contribution is 6.34. The molecule has 1 atom stereocenters. The Labute approximate surface area is 129 Å². The number of halogens is 2. The fourth-order valence-corrected chi connectivity index (χ4v) is 2.74. The Morgan fingerprint density at radius 1 is 1.25 bits per heavy atom. The molecular formula is C15H19Cl2N3. The maximum absolute atomic E-state index is 5.98. The third-order valence-corrected chi connectivity index (χ3v) is 3.61. The number of hydrogen-bond acceptors (Lipinski definition) is 2.